The number of ether oxygens (including phenoxy) is 1. The van der Waals surface area contributed by atoms with E-state index in [0.29, 0.717) is 12.1 Å². The summed E-state index contributed by atoms with van der Waals surface area (Å²) in [6.07, 6.45) is 5.15. The van der Waals surface area contributed by atoms with Gasteiger partial charge in [0.15, 0.2) is 0 Å². The Hall–Kier alpha value is -1.02. The molecular formula is C15H21NO. The summed E-state index contributed by atoms with van der Waals surface area (Å²) in [5, 5.41) is 3.58. The van der Waals surface area contributed by atoms with Crippen molar-refractivity contribution in [1.82, 2.24) is 5.32 Å². The summed E-state index contributed by atoms with van der Waals surface area (Å²) in [6.45, 7) is 5.17. The molecule has 0 amide bonds. The van der Waals surface area contributed by atoms with Crippen molar-refractivity contribution in [2.24, 2.45) is 0 Å². The smallest absolute Gasteiger partial charge is 0.124 e. The third-order valence-corrected chi connectivity index (χ3v) is 3.79. The molecule has 0 saturated heterocycles. The minimum absolute atomic E-state index is 0.386. The summed E-state index contributed by atoms with van der Waals surface area (Å²) in [5.74, 6) is 1.11. The Morgan fingerprint density at radius 1 is 1.18 bits per heavy atom. The topological polar surface area (TPSA) is 21.3 Å². The van der Waals surface area contributed by atoms with Gasteiger partial charge in [0.25, 0.3) is 0 Å². The standard InChI is InChI=1S/C15H21NO/c1-10(2)16-14-9-17-15-8-12-6-4-3-5-11(12)7-13(14)15/h7-8,10,14,16H,3-6,9H2,1-2H3. The molecule has 17 heavy (non-hydrogen) atoms. The van der Waals surface area contributed by atoms with Crippen molar-refractivity contribution < 1.29 is 4.74 Å². The van der Waals surface area contributed by atoms with Crippen LogP contribution in [0.3, 0.4) is 0 Å². The fourth-order valence-electron chi connectivity index (χ4n) is 2.98. The monoisotopic (exact) mass is 231 g/mol. The molecule has 1 atom stereocenters. The minimum atomic E-state index is 0.386. The van der Waals surface area contributed by atoms with Gasteiger partial charge >= 0.3 is 0 Å². The first-order valence-corrected chi connectivity index (χ1v) is 6.78. The first-order valence-electron chi connectivity index (χ1n) is 6.78. The maximum atomic E-state index is 5.82. The molecule has 0 aromatic heterocycles. The van der Waals surface area contributed by atoms with Crippen LogP contribution in [0.15, 0.2) is 12.1 Å². The molecule has 0 saturated carbocycles. The Kier molecular flexibility index (Phi) is 2.83. The van der Waals surface area contributed by atoms with Gasteiger partial charge in [0, 0.05) is 11.6 Å². The molecule has 2 aliphatic rings. The summed E-state index contributed by atoms with van der Waals surface area (Å²) >= 11 is 0. The van der Waals surface area contributed by atoms with Gasteiger partial charge in [-0.3, -0.25) is 0 Å². The largest absolute Gasteiger partial charge is 0.491 e. The number of hydrogen-bond acceptors (Lipinski definition) is 2. The minimum Gasteiger partial charge on any atom is -0.491 e. The number of nitrogens with one attached hydrogen (secondary N) is 1. The highest BCUT2D eigenvalue weighted by Crippen LogP contribution is 2.37. The van der Waals surface area contributed by atoms with E-state index in [1.54, 1.807) is 5.56 Å². The quantitative estimate of drug-likeness (QED) is 0.845. The van der Waals surface area contributed by atoms with E-state index in [0.717, 1.165) is 12.4 Å². The molecule has 0 spiro atoms. The highest BCUT2D eigenvalue weighted by atomic mass is 16.5. The average molecular weight is 231 g/mol. The molecular weight excluding hydrogens is 210 g/mol. The van der Waals surface area contributed by atoms with Crippen molar-refractivity contribution in [3.05, 3.63) is 28.8 Å². The van der Waals surface area contributed by atoms with Gasteiger partial charge in [-0.1, -0.05) is 19.9 Å². The lowest BCUT2D eigenvalue weighted by atomic mass is 9.89. The van der Waals surface area contributed by atoms with Gasteiger partial charge in [-0.2, -0.15) is 0 Å². The zero-order valence-corrected chi connectivity index (χ0v) is 10.8. The van der Waals surface area contributed by atoms with Crippen LogP contribution >= 0.6 is 0 Å². The van der Waals surface area contributed by atoms with Crippen LogP contribution in [0.1, 0.15) is 49.4 Å². The van der Waals surface area contributed by atoms with Crippen molar-refractivity contribution >= 4 is 0 Å². The van der Waals surface area contributed by atoms with Crippen LogP contribution in [0.5, 0.6) is 5.75 Å². The number of rotatable bonds is 2. The van der Waals surface area contributed by atoms with Crippen molar-refractivity contribution in [3.8, 4) is 5.75 Å². The van der Waals surface area contributed by atoms with Crippen molar-refractivity contribution in [1.29, 1.82) is 0 Å². The highest BCUT2D eigenvalue weighted by Gasteiger charge is 2.26. The highest BCUT2D eigenvalue weighted by molar-refractivity contribution is 5.47. The van der Waals surface area contributed by atoms with E-state index in [1.807, 2.05) is 0 Å². The maximum Gasteiger partial charge on any atom is 0.124 e. The average Bonchev–Trinajstić information content (AvgIpc) is 2.68. The Labute approximate surface area is 103 Å². The second-order valence-electron chi connectivity index (χ2n) is 5.55. The molecule has 1 aromatic rings. The zero-order chi connectivity index (χ0) is 11.8. The van der Waals surface area contributed by atoms with Crippen LogP contribution in [0.25, 0.3) is 0 Å². The van der Waals surface area contributed by atoms with Gasteiger partial charge in [-0.05, 0) is 42.9 Å². The molecule has 0 fully saturated rings. The number of aryl methyl sites for hydroxylation is 2. The maximum absolute atomic E-state index is 5.82. The van der Waals surface area contributed by atoms with Gasteiger partial charge < -0.3 is 10.1 Å². The molecule has 1 aliphatic heterocycles. The molecule has 2 heteroatoms. The van der Waals surface area contributed by atoms with Gasteiger partial charge in [0.2, 0.25) is 0 Å². The SMILES string of the molecule is CC(C)NC1COc2cc3c(cc21)CCCC3. The molecule has 92 valence electrons. The fraction of sp³-hybridized carbons (Fsp3) is 0.600. The Balaban J connectivity index is 1.93. The van der Waals surface area contributed by atoms with E-state index in [4.69, 9.17) is 4.74 Å². The lowest BCUT2D eigenvalue weighted by Gasteiger charge is -2.19. The number of benzene rings is 1. The second kappa shape index (κ2) is 4.34. The van der Waals surface area contributed by atoms with E-state index in [-0.39, 0.29) is 0 Å². The van der Waals surface area contributed by atoms with E-state index < -0.39 is 0 Å². The number of hydrogen-bond donors (Lipinski definition) is 1. The van der Waals surface area contributed by atoms with E-state index in [9.17, 15) is 0 Å². The molecule has 1 N–H and O–H groups in total. The normalized spacial score (nSPS) is 22.2. The third kappa shape index (κ3) is 2.06. The van der Waals surface area contributed by atoms with Gasteiger partial charge in [0.1, 0.15) is 12.4 Å². The first kappa shape index (κ1) is 11.1. The molecule has 0 bridgehead atoms. The van der Waals surface area contributed by atoms with Gasteiger partial charge in [0.05, 0.1) is 6.04 Å². The fourth-order valence-corrected chi connectivity index (χ4v) is 2.98. The number of fused-ring (bicyclic) bond motifs is 2. The van der Waals surface area contributed by atoms with Crippen LogP contribution in [0.2, 0.25) is 0 Å². The summed E-state index contributed by atoms with van der Waals surface area (Å²) in [6, 6.07) is 5.56. The zero-order valence-electron chi connectivity index (χ0n) is 10.8. The van der Waals surface area contributed by atoms with Crippen LogP contribution in [0.4, 0.5) is 0 Å². The summed E-state index contributed by atoms with van der Waals surface area (Å²) in [7, 11) is 0. The van der Waals surface area contributed by atoms with E-state index >= 15 is 0 Å². The third-order valence-electron chi connectivity index (χ3n) is 3.79. The molecule has 0 radical (unpaired) electrons. The second-order valence-corrected chi connectivity index (χ2v) is 5.55. The summed E-state index contributed by atoms with van der Waals surface area (Å²) in [4.78, 5) is 0. The van der Waals surface area contributed by atoms with E-state index in [2.05, 4.69) is 31.3 Å². The van der Waals surface area contributed by atoms with Crippen molar-refractivity contribution in [2.75, 3.05) is 6.61 Å². The van der Waals surface area contributed by atoms with Crippen LogP contribution in [0, 0.1) is 0 Å². The van der Waals surface area contributed by atoms with E-state index in [1.165, 1.54) is 36.8 Å². The van der Waals surface area contributed by atoms with Crippen molar-refractivity contribution in [2.45, 2.75) is 51.6 Å². The molecule has 3 rings (SSSR count). The summed E-state index contributed by atoms with van der Waals surface area (Å²) in [5.41, 5.74) is 4.44. The van der Waals surface area contributed by atoms with Crippen LogP contribution in [-0.2, 0) is 12.8 Å². The Morgan fingerprint density at radius 2 is 1.88 bits per heavy atom. The lowest BCUT2D eigenvalue weighted by molar-refractivity contribution is 0.303. The molecule has 1 unspecified atom stereocenters. The van der Waals surface area contributed by atoms with Gasteiger partial charge in [-0.15, -0.1) is 0 Å². The predicted octanol–water partition coefficient (Wildman–Crippen LogP) is 3.00. The van der Waals surface area contributed by atoms with Crippen LogP contribution < -0.4 is 10.1 Å². The molecule has 1 aliphatic carbocycles. The molecule has 1 aromatic carbocycles. The van der Waals surface area contributed by atoms with Crippen LogP contribution in [-0.4, -0.2) is 12.6 Å². The lowest BCUT2D eigenvalue weighted by Crippen LogP contribution is -2.29. The molecule has 1 heterocycles. The molecule has 2 nitrogen and oxygen atoms in total. The predicted molar refractivity (Wildman–Crippen MR) is 69.6 cm³/mol. The van der Waals surface area contributed by atoms with Gasteiger partial charge in [-0.25, -0.2) is 0 Å². The Morgan fingerprint density at radius 3 is 2.59 bits per heavy atom. The summed E-state index contributed by atoms with van der Waals surface area (Å²) < 4.78 is 5.82. The Bertz CT molecular complexity index is 425. The van der Waals surface area contributed by atoms with Crippen molar-refractivity contribution in [3.63, 3.8) is 0 Å². The first-order chi connectivity index (χ1) is 8.24.